The van der Waals surface area contributed by atoms with Gasteiger partial charge in [0.25, 0.3) is 0 Å². The maximum atomic E-state index is 9.56. The fraction of sp³-hybridized carbons (Fsp3) is 0.684. The maximum Gasteiger partial charge on any atom is 0.141 e. The molecule has 25 heavy (non-hydrogen) atoms. The van der Waals surface area contributed by atoms with Crippen molar-refractivity contribution in [3.8, 4) is 0 Å². The van der Waals surface area contributed by atoms with Gasteiger partial charge in [0.05, 0.1) is 12.0 Å². The normalized spacial score (nSPS) is 23.0. The lowest BCUT2D eigenvalue weighted by molar-refractivity contribution is 0.170. The fourth-order valence-electron chi connectivity index (χ4n) is 4.23. The summed E-state index contributed by atoms with van der Waals surface area (Å²) >= 11 is 1.90. The van der Waals surface area contributed by atoms with Crippen LogP contribution < -0.4 is 10.6 Å². The standard InChI is InChI=1S/C19H26N4OS/c20-19(11-24)7-9-23(10-8-19)17-15-13-3-1-2-4-14(13)25-18(15)22-16(21-17)12-5-6-12/h12,24H,1-11,20H2. The van der Waals surface area contributed by atoms with Gasteiger partial charge in [-0.25, -0.2) is 9.97 Å². The molecule has 0 amide bonds. The van der Waals surface area contributed by atoms with E-state index in [4.69, 9.17) is 15.7 Å². The molecule has 0 atom stereocenters. The van der Waals surface area contributed by atoms with E-state index in [2.05, 4.69) is 4.90 Å². The number of rotatable bonds is 3. The number of aliphatic hydroxyl groups excluding tert-OH is 1. The topological polar surface area (TPSA) is 75.3 Å². The molecule has 134 valence electrons. The highest BCUT2D eigenvalue weighted by atomic mass is 32.1. The summed E-state index contributed by atoms with van der Waals surface area (Å²) in [6.07, 6.45) is 9.04. The summed E-state index contributed by atoms with van der Waals surface area (Å²) in [6.45, 7) is 1.82. The summed E-state index contributed by atoms with van der Waals surface area (Å²) in [6, 6.07) is 0. The summed E-state index contributed by atoms with van der Waals surface area (Å²) < 4.78 is 0. The van der Waals surface area contributed by atoms with E-state index in [9.17, 15) is 5.11 Å². The number of aromatic nitrogens is 2. The Bertz CT molecular complexity index is 805. The van der Waals surface area contributed by atoms with Gasteiger partial charge in [-0.15, -0.1) is 11.3 Å². The van der Waals surface area contributed by atoms with Crippen LogP contribution in [0.4, 0.5) is 5.82 Å². The SMILES string of the molecule is NC1(CO)CCN(c2nc(C3CC3)nc3sc4c(c23)CCCC4)CC1. The summed E-state index contributed by atoms with van der Waals surface area (Å²) in [4.78, 5) is 15.2. The molecular formula is C19H26N4OS. The molecule has 0 spiro atoms. The van der Waals surface area contributed by atoms with Gasteiger partial charge in [0.1, 0.15) is 16.5 Å². The van der Waals surface area contributed by atoms with E-state index >= 15 is 0 Å². The van der Waals surface area contributed by atoms with Crippen molar-refractivity contribution >= 4 is 27.4 Å². The van der Waals surface area contributed by atoms with Crippen LogP contribution in [0.5, 0.6) is 0 Å². The van der Waals surface area contributed by atoms with E-state index in [-0.39, 0.29) is 6.61 Å². The van der Waals surface area contributed by atoms with Gasteiger partial charge in [0.2, 0.25) is 0 Å². The van der Waals surface area contributed by atoms with Crippen LogP contribution in [0.3, 0.4) is 0 Å². The van der Waals surface area contributed by atoms with Gasteiger partial charge in [-0.2, -0.15) is 0 Å². The van der Waals surface area contributed by atoms with Crippen molar-refractivity contribution < 1.29 is 5.11 Å². The number of hydrogen-bond donors (Lipinski definition) is 2. The van der Waals surface area contributed by atoms with E-state index in [0.29, 0.717) is 5.92 Å². The minimum atomic E-state index is -0.421. The zero-order valence-electron chi connectivity index (χ0n) is 14.6. The van der Waals surface area contributed by atoms with Gasteiger partial charge >= 0.3 is 0 Å². The van der Waals surface area contributed by atoms with Crippen LogP contribution in [-0.4, -0.2) is 40.3 Å². The smallest absolute Gasteiger partial charge is 0.141 e. The van der Waals surface area contributed by atoms with E-state index < -0.39 is 5.54 Å². The molecule has 1 saturated heterocycles. The number of fused-ring (bicyclic) bond motifs is 3. The Balaban J connectivity index is 1.59. The largest absolute Gasteiger partial charge is 0.394 e. The molecule has 5 rings (SSSR count). The van der Waals surface area contributed by atoms with Crippen LogP contribution in [0.1, 0.15) is 60.7 Å². The highest BCUT2D eigenvalue weighted by Crippen LogP contribution is 2.44. The number of nitrogens with two attached hydrogens (primary N) is 1. The van der Waals surface area contributed by atoms with Crippen LogP contribution in [0.15, 0.2) is 0 Å². The van der Waals surface area contributed by atoms with Gasteiger partial charge in [-0.05, 0) is 56.9 Å². The Labute approximate surface area is 152 Å². The second-order valence-electron chi connectivity index (χ2n) is 8.08. The maximum absolute atomic E-state index is 9.56. The first-order valence-electron chi connectivity index (χ1n) is 9.64. The lowest BCUT2D eigenvalue weighted by Gasteiger charge is -2.39. The number of aryl methyl sites for hydroxylation is 2. The number of aliphatic hydroxyl groups is 1. The summed E-state index contributed by atoms with van der Waals surface area (Å²) in [7, 11) is 0. The van der Waals surface area contributed by atoms with Crippen LogP contribution in [0, 0.1) is 0 Å². The van der Waals surface area contributed by atoms with Gasteiger partial charge in [0, 0.05) is 29.4 Å². The average Bonchev–Trinajstić information content (AvgIpc) is 3.42. The molecule has 1 saturated carbocycles. The number of hydrogen-bond acceptors (Lipinski definition) is 6. The summed E-state index contributed by atoms with van der Waals surface area (Å²) in [5, 5.41) is 10.9. The molecule has 0 unspecified atom stereocenters. The first-order chi connectivity index (χ1) is 12.2. The molecule has 2 aromatic heterocycles. The highest BCUT2D eigenvalue weighted by Gasteiger charge is 2.34. The molecule has 0 aromatic carbocycles. The van der Waals surface area contributed by atoms with Gasteiger partial charge in [-0.1, -0.05) is 0 Å². The molecule has 0 radical (unpaired) electrons. The first-order valence-corrected chi connectivity index (χ1v) is 10.5. The van der Waals surface area contributed by atoms with E-state index in [1.807, 2.05) is 11.3 Å². The predicted molar refractivity (Wildman–Crippen MR) is 101 cm³/mol. The second-order valence-corrected chi connectivity index (χ2v) is 9.16. The molecule has 3 heterocycles. The molecule has 0 bridgehead atoms. The third kappa shape index (κ3) is 2.75. The Hall–Kier alpha value is -1.24. The van der Waals surface area contributed by atoms with Crippen molar-refractivity contribution in [3.05, 3.63) is 16.3 Å². The zero-order valence-corrected chi connectivity index (χ0v) is 15.4. The molecule has 5 nitrogen and oxygen atoms in total. The Morgan fingerprint density at radius 1 is 1.16 bits per heavy atom. The highest BCUT2D eigenvalue weighted by molar-refractivity contribution is 7.19. The predicted octanol–water partition coefficient (Wildman–Crippen LogP) is 2.74. The molecule has 2 aromatic rings. The molecule has 3 aliphatic rings. The van der Waals surface area contributed by atoms with Crippen molar-refractivity contribution in [1.29, 1.82) is 0 Å². The molecule has 3 N–H and O–H groups in total. The molecule has 1 aliphatic heterocycles. The van der Waals surface area contributed by atoms with E-state index in [1.165, 1.54) is 59.2 Å². The summed E-state index contributed by atoms with van der Waals surface area (Å²) in [5.74, 6) is 2.76. The molecule has 6 heteroatoms. The molecule has 2 aliphatic carbocycles. The van der Waals surface area contributed by atoms with E-state index in [0.717, 1.165) is 37.6 Å². The van der Waals surface area contributed by atoms with E-state index in [1.54, 1.807) is 0 Å². The van der Waals surface area contributed by atoms with Crippen molar-refractivity contribution in [1.82, 2.24) is 9.97 Å². The minimum absolute atomic E-state index is 0.0706. The van der Waals surface area contributed by atoms with Crippen LogP contribution in [0.25, 0.3) is 10.2 Å². The van der Waals surface area contributed by atoms with Gasteiger partial charge in [-0.3, -0.25) is 0 Å². The van der Waals surface area contributed by atoms with Crippen LogP contribution in [-0.2, 0) is 12.8 Å². The lowest BCUT2D eigenvalue weighted by Crippen LogP contribution is -2.53. The first kappa shape index (κ1) is 16.0. The number of anilines is 1. The number of nitrogens with zero attached hydrogens (tertiary/aromatic N) is 3. The quantitative estimate of drug-likeness (QED) is 0.882. The van der Waals surface area contributed by atoms with Gasteiger partial charge in [0.15, 0.2) is 0 Å². The van der Waals surface area contributed by atoms with Crippen molar-refractivity contribution in [2.75, 3.05) is 24.6 Å². The second kappa shape index (κ2) is 5.89. The lowest BCUT2D eigenvalue weighted by atomic mass is 9.89. The third-order valence-electron chi connectivity index (χ3n) is 6.13. The minimum Gasteiger partial charge on any atom is -0.394 e. The monoisotopic (exact) mass is 358 g/mol. The average molecular weight is 359 g/mol. The number of piperidine rings is 1. The van der Waals surface area contributed by atoms with Crippen LogP contribution >= 0.6 is 11.3 Å². The zero-order chi connectivity index (χ0) is 17.0. The Morgan fingerprint density at radius 2 is 1.92 bits per heavy atom. The third-order valence-corrected chi connectivity index (χ3v) is 7.31. The number of thiophene rings is 1. The van der Waals surface area contributed by atoms with Crippen LogP contribution in [0.2, 0.25) is 0 Å². The van der Waals surface area contributed by atoms with Crippen molar-refractivity contribution in [2.45, 2.75) is 62.8 Å². The molecule has 2 fully saturated rings. The Kier molecular flexibility index (Phi) is 3.77. The van der Waals surface area contributed by atoms with Gasteiger partial charge < -0.3 is 15.7 Å². The molecular weight excluding hydrogens is 332 g/mol. The van der Waals surface area contributed by atoms with Crippen molar-refractivity contribution in [3.63, 3.8) is 0 Å². The fourth-order valence-corrected chi connectivity index (χ4v) is 5.49. The summed E-state index contributed by atoms with van der Waals surface area (Å²) in [5.41, 5.74) is 7.37. The van der Waals surface area contributed by atoms with Crippen molar-refractivity contribution in [2.24, 2.45) is 5.73 Å². The Morgan fingerprint density at radius 3 is 2.64 bits per heavy atom.